The second-order valence-corrected chi connectivity index (χ2v) is 4.46. The third-order valence-corrected chi connectivity index (χ3v) is 3.16. The maximum Gasteiger partial charge on any atom is 0.0798 e. The van der Waals surface area contributed by atoms with Crippen LogP contribution in [0.3, 0.4) is 0 Å². The molecule has 0 aliphatic heterocycles. The van der Waals surface area contributed by atoms with Gasteiger partial charge in [0.15, 0.2) is 0 Å². The molecule has 1 heterocycles. The van der Waals surface area contributed by atoms with Crippen LogP contribution >= 0.6 is 23.1 Å². The van der Waals surface area contributed by atoms with Crippen molar-refractivity contribution < 1.29 is 0 Å². The molecule has 1 rings (SSSR count). The third-order valence-electron chi connectivity index (χ3n) is 1.61. The lowest BCUT2D eigenvalue weighted by molar-refractivity contribution is 0.736. The van der Waals surface area contributed by atoms with Crippen molar-refractivity contribution in [3.8, 4) is 0 Å². The van der Waals surface area contributed by atoms with Crippen molar-refractivity contribution in [1.82, 2.24) is 10.3 Å². The highest BCUT2D eigenvalue weighted by molar-refractivity contribution is 7.98. The van der Waals surface area contributed by atoms with E-state index in [0.29, 0.717) is 0 Å². The van der Waals surface area contributed by atoms with E-state index >= 15 is 0 Å². The van der Waals surface area contributed by atoms with Gasteiger partial charge < -0.3 is 5.32 Å². The van der Waals surface area contributed by atoms with E-state index in [1.165, 1.54) is 10.6 Å². The van der Waals surface area contributed by atoms with Gasteiger partial charge in [0, 0.05) is 23.7 Å². The quantitative estimate of drug-likeness (QED) is 0.738. The molecular weight excluding hydrogens is 188 g/mol. The van der Waals surface area contributed by atoms with Gasteiger partial charge in [-0.2, -0.15) is 11.8 Å². The molecular formula is C8H14N2S2. The number of rotatable bonds is 5. The molecule has 68 valence electrons. The van der Waals surface area contributed by atoms with E-state index in [0.717, 1.165) is 18.8 Å². The summed E-state index contributed by atoms with van der Waals surface area (Å²) in [6.45, 7) is 4.11. The maximum absolute atomic E-state index is 4.19. The summed E-state index contributed by atoms with van der Waals surface area (Å²) in [6, 6.07) is 0. The number of aryl methyl sites for hydroxylation is 1. The minimum atomic E-state index is 0.969. The van der Waals surface area contributed by atoms with Crippen LogP contribution < -0.4 is 5.32 Å². The Morgan fingerprint density at radius 1 is 1.67 bits per heavy atom. The zero-order valence-electron chi connectivity index (χ0n) is 7.46. The molecule has 1 aromatic heterocycles. The number of nitrogens with one attached hydrogen (secondary N) is 1. The van der Waals surface area contributed by atoms with Crippen LogP contribution in [0.5, 0.6) is 0 Å². The summed E-state index contributed by atoms with van der Waals surface area (Å²) in [7, 11) is 0. The molecule has 0 unspecified atom stereocenters. The lowest BCUT2D eigenvalue weighted by Gasteiger charge is -2.00. The molecule has 1 N–H and O–H groups in total. The van der Waals surface area contributed by atoms with E-state index in [9.17, 15) is 0 Å². The third kappa shape index (κ3) is 3.13. The zero-order valence-corrected chi connectivity index (χ0v) is 9.10. The summed E-state index contributed by atoms with van der Waals surface area (Å²) in [6.07, 6.45) is 2.12. The van der Waals surface area contributed by atoms with Crippen molar-refractivity contribution in [3.05, 3.63) is 16.1 Å². The van der Waals surface area contributed by atoms with Crippen LogP contribution in [0.15, 0.2) is 5.51 Å². The molecule has 0 radical (unpaired) electrons. The molecule has 0 spiro atoms. The highest BCUT2D eigenvalue weighted by Crippen LogP contribution is 2.10. The van der Waals surface area contributed by atoms with E-state index in [1.807, 2.05) is 17.3 Å². The molecule has 0 saturated carbocycles. The number of hydrogen-bond donors (Lipinski definition) is 1. The average Bonchev–Trinajstić information content (AvgIpc) is 2.46. The van der Waals surface area contributed by atoms with E-state index in [4.69, 9.17) is 0 Å². The van der Waals surface area contributed by atoms with Crippen molar-refractivity contribution in [2.75, 3.05) is 18.6 Å². The van der Waals surface area contributed by atoms with Crippen molar-refractivity contribution in [2.45, 2.75) is 13.5 Å². The normalized spacial score (nSPS) is 10.5. The van der Waals surface area contributed by atoms with Gasteiger partial charge in [0.25, 0.3) is 0 Å². The summed E-state index contributed by atoms with van der Waals surface area (Å²) in [5, 5.41) is 3.38. The monoisotopic (exact) mass is 202 g/mol. The Hall–Kier alpha value is -0.0600. The van der Waals surface area contributed by atoms with Gasteiger partial charge in [0.2, 0.25) is 0 Å². The molecule has 0 saturated heterocycles. The largest absolute Gasteiger partial charge is 0.311 e. The lowest BCUT2D eigenvalue weighted by Crippen LogP contribution is -2.16. The Balaban J connectivity index is 2.20. The fourth-order valence-corrected chi connectivity index (χ4v) is 1.97. The minimum absolute atomic E-state index is 0.969. The first-order valence-corrected chi connectivity index (χ1v) is 6.20. The highest BCUT2D eigenvalue weighted by atomic mass is 32.2. The number of aromatic nitrogens is 1. The highest BCUT2D eigenvalue weighted by Gasteiger charge is 1.98. The molecule has 0 amide bonds. The topological polar surface area (TPSA) is 24.9 Å². The second kappa shape index (κ2) is 5.56. The first-order chi connectivity index (χ1) is 5.84. The van der Waals surface area contributed by atoms with Crippen molar-refractivity contribution >= 4 is 23.1 Å². The van der Waals surface area contributed by atoms with Gasteiger partial charge in [-0.25, -0.2) is 4.98 Å². The summed E-state index contributed by atoms with van der Waals surface area (Å²) in [5.41, 5.74) is 3.07. The SMILES string of the molecule is CSCCNCc1scnc1C. The predicted octanol–water partition coefficient (Wildman–Crippen LogP) is 1.90. The number of thioether (sulfide) groups is 1. The zero-order chi connectivity index (χ0) is 8.81. The molecule has 0 aromatic carbocycles. The van der Waals surface area contributed by atoms with Gasteiger partial charge in [-0.1, -0.05) is 0 Å². The molecule has 4 heteroatoms. The first-order valence-electron chi connectivity index (χ1n) is 3.93. The second-order valence-electron chi connectivity index (χ2n) is 2.53. The molecule has 12 heavy (non-hydrogen) atoms. The van der Waals surface area contributed by atoms with Crippen molar-refractivity contribution in [3.63, 3.8) is 0 Å². The summed E-state index contributed by atoms with van der Waals surface area (Å²) >= 11 is 3.60. The van der Waals surface area contributed by atoms with Gasteiger partial charge in [-0.3, -0.25) is 0 Å². The lowest BCUT2D eigenvalue weighted by atomic mass is 10.4. The Morgan fingerprint density at radius 3 is 3.08 bits per heavy atom. The van der Waals surface area contributed by atoms with E-state index in [2.05, 4.69) is 23.5 Å². The van der Waals surface area contributed by atoms with E-state index < -0.39 is 0 Å². The molecule has 0 aliphatic carbocycles. The average molecular weight is 202 g/mol. The predicted molar refractivity (Wildman–Crippen MR) is 56.9 cm³/mol. The van der Waals surface area contributed by atoms with Crippen LogP contribution in [0.1, 0.15) is 10.6 Å². The van der Waals surface area contributed by atoms with Crippen LogP contribution in [0.2, 0.25) is 0 Å². The first kappa shape index (κ1) is 10.0. The Labute approximate surface area is 81.8 Å². The van der Waals surface area contributed by atoms with Crippen molar-refractivity contribution in [1.29, 1.82) is 0 Å². The van der Waals surface area contributed by atoms with E-state index in [-0.39, 0.29) is 0 Å². The van der Waals surface area contributed by atoms with Crippen LogP contribution in [0.4, 0.5) is 0 Å². The van der Waals surface area contributed by atoms with Crippen LogP contribution in [-0.4, -0.2) is 23.5 Å². The van der Waals surface area contributed by atoms with E-state index in [1.54, 1.807) is 11.3 Å². The van der Waals surface area contributed by atoms with Crippen molar-refractivity contribution in [2.24, 2.45) is 0 Å². The molecule has 0 fully saturated rings. The Kier molecular flexibility index (Phi) is 4.65. The Bertz CT molecular complexity index is 223. The number of nitrogens with zero attached hydrogens (tertiary/aromatic N) is 1. The molecule has 1 aromatic rings. The summed E-state index contributed by atoms with van der Waals surface area (Å²) in [5.74, 6) is 1.18. The fourth-order valence-electron chi connectivity index (χ4n) is 0.872. The summed E-state index contributed by atoms with van der Waals surface area (Å²) in [4.78, 5) is 5.55. The van der Waals surface area contributed by atoms with Gasteiger partial charge in [-0.05, 0) is 13.2 Å². The van der Waals surface area contributed by atoms with Gasteiger partial charge >= 0.3 is 0 Å². The molecule has 0 aliphatic rings. The number of hydrogen-bond acceptors (Lipinski definition) is 4. The Morgan fingerprint density at radius 2 is 2.50 bits per heavy atom. The summed E-state index contributed by atoms with van der Waals surface area (Å²) < 4.78 is 0. The van der Waals surface area contributed by atoms with Crippen LogP contribution in [0, 0.1) is 6.92 Å². The molecule has 2 nitrogen and oxygen atoms in total. The van der Waals surface area contributed by atoms with Crippen LogP contribution in [0.25, 0.3) is 0 Å². The maximum atomic E-state index is 4.19. The van der Waals surface area contributed by atoms with Gasteiger partial charge in [0.1, 0.15) is 0 Å². The molecule has 0 atom stereocenters. The smallest absolute Gasteiger partial charge is 0.0798 e. The van der Waals surface area contributed by atoms with Gasteiger partial charge in [0.05, 0.1) is 11.2 Å². The molecule has 0 bridgehead atoms. The fraction of sp³-hybridized carbons (Fsp3) is 0.625. The number of thiazole rings is 1. The minimum Gasteiger partial charge on any atom is -0.311 e. The standard InChI is InChI=1S/C8H14N2S2/c1-7-8(12-6-10-7)5-9-3-4-11-2/h6,9H,3-5H2,1-2H3. The van der Waals surface area contributed by atoms with Gasteiger partial charge in [-0.15, -0.1) is 11.3 Å². The van der Waals surface area contributed by atoms with Crippen LogP contribution in [-0.2, 0) is 6.54 Å².